The molecule has 126 valence electrons. The molecule has 4 rings (SSSR count). The van der Waals surface area contributed by atoms with Crippen molar-refractivity contribution in [2.75, 3.05) is 13.6 Å². The van der Waals surface area contributed by atoms with E-state index in [0.29, 0.717) is 6.54 Å². The number of pyridine rings is 1. The Morgan fingerprint density at radius 1 is 1.08 bits per heavy atom. The van der Waals surface area contributed by atoms with Crippen LogP contribution in [0.2, 0.25) is 0 Å². The topological polar surface area (TPSA) is 40.5 Å². The van der Waals surface area contributed by atoms with Gasteiger partial charge in [0.05, 0.1) is 12.2 Å². The van der Waals surface area contributed by atoms with Gasteiger partial charge in [-0.15, -0.1) is 0 Å². The summed E-state index contributed by atoms with van der Waals surface area (Å²) in [7, 11) is 1.85. The Labute approximate surface area is 148 Å². The maximum atomic E-state index is 4.56. The average molecular weight is 330 g/mol. The highest BCUT2D eigenvalue weighted by Gasteiger charge is 2.18. The van der Waals surface area contributed by atoms with Gasteiger partial charge >= 0.3 is 0 Å². The van der Waals surface area contributed by atoms with Gasteiger partial charge in [-0.3, -0.25) is 9.98 Å². The summed E-state index contributed by atoms with van der Waals surface area (Å²) in [5.41, 5.74) is 3.89. The lowest BCUT2D eigenvalue weighted by Crippen LogP contribution is -2.43. The molecule has 4 nitrogen and oxygen atoms in total. The lowest BCUT2D eigenvalue weighted by atomic mass is 10.0. The van der Waals surface area contributed by atoms with Gasteiger partial charge in [-0.05, 0) is 29.0 Å². The number of benzene rings is 2. The van der Waals surface area contributed by atoms with Gasteiger partial charge in [0, 0.05) is 31.7 Å². The van der Waals surface area contributed by atoms with E-state index in [4.69, 9.17) is 0 Å². The van der Waals surface area contributed by atoms with Crippen LogP contribution in [0.4, 0.5) is 0 Å². The third-order valence-electron chi connectivity index (χ3n) is 4.81. The molecule has 2 aromatic carbocycles. The van der Waals surface area contributed by atoms with E-state index in [1.807, 2.05) is 13.2 Å². The number of nitrogens with one attached hydrogen (secondary N) is 1. The molecule has 0 bridgehead atoms. The van der Waals surface area contributed by atoms with Crippen LogP contribution in [0.15, 0.2) is 65.8 Å². The minimum absolute atomic E-state index is 0.673. The van der Waals surface area contributed by atoms with E-state index in [1.54, 1.807) is 0 Å². The normalized spacial score (nSPS) is 14.4. The zero-order valence-corrected chi connectivity index (χ0v) is 14.4. The Balaban J connectivity index is 1.50. The molecule has 0 fully saturated rings. The maximum absolute atomic E-state index is 4.56. The largest absolute Gasteiger partial charge is 0.351 e. The Hall–Kier alpha value is -2.88. The van der Waals surface area contributed by atoms with Gasteiger partial charge in [-0.2, -0.15) is 0 Å². The predicted molar refractivity (Wildman–Crippen MR) is 102 cm³/mol. The van der Waals surface area contributed by atoms with Gasteiger partial charge in [0.25, 0.3) is 0 Å². The molecule has 0 saturated carbocycles. The first-order valence-corrected chi connectivity index (χ1v) is 8.70. The van der Waals surface area contributed by atoms with Gasteiger partial charge in [0.15, 0.2) is 5.96 Å². The van der Waals surface area contributed by atoms with Crippen molar-refractivity contribution in [3.8, 4) is 0 Å². The fraction of sp³-hybridized carbons (Fsp3) is 0.238. The fourth-order valence-corrected chi connectivity index (χ4v) is 3.49. The molecule has 4 heteroatoms. The highest BCUT2D eigenvalue weighted by molar-refractivity contribution is 5.85. The van der Waals surface area contributed by atoms with E-state index in [9.17, 15) is 0 Å². The van der Waals surface area contributed by atoms with Gasteiger partial charge < -0.3 is 10.2 Å². The van der Waals surface area contributed by atoms with Crippen molar-refractivity contribution >= 4 is 16.7 Å². The third-order valence-corrected chi connectivity index (χ3v) is 4.81. The number of aromatic nitrogens is 1. The highest BCUT2D eigenvalue weighted by atomic mass is 15.3. The van der Waals surface area contributed by atoms with Crippen LogP contribution >= 0.6 is 0 Å². The molecule has 1 aliphatic heterocycles. The van der Waals surface area contributed by atoms with Crippen LogP contribution in [0.3, 0.4) is 0 Å². The highest BCUT2D eigenvalue weighted by Crippen LogP contribution is 2.19. The summed E-state index contributed by atoms with van der Waals surface area (Å²) in [5.74, 6) is 0.934. The zero-order chi connectivity index (χ0) is 17.1. The molecule has 1 N–H and O–H groups in total. The molecule has 1 aromatic heterocycles. The zero-order valence-electron chi connectivity index (χ0n) is 14.4. The monoisotopic (exact) mass is 330 g/mol. The SMILES string of the molecule is CN=C(NCc1nccc2ccccc12)N1CCc2ccccc2C1. The van der Waals surface area contributed by atoms with Crippen molar-refractivity contribution in [1.82, 2.24) is 15.2 Å². The van der Waals surface area contributed by atoms with E-state index < -0.39 is 0 Å². The Bertz CT molecular complexity index is 911. The predicted octanol–water partition coefficient (Wildman–Crippen LogP) is 3.37. The van der Waals surface area contributed by atoms with Crippen LogP contribution < -0.4 is 5.32 Å². The molecule has 0 spiro atoms. The lowest BCUT2D eigenvalue weighted by molar-refractivity contribution is 0.378. The van der Waals surface area contributed by atoms with E-state index in [-0.39, 0.29) is 0 Å². The van der Waals surface area contributed by atoms with Crippen molar-refractivity contribution in [3.63, 3.8) is 0 Å². The summed E-state index contributed by atoms with van der Waals surface area (Å²) in [6.07, 6.45) is 2.93. The van der Waals surface area contributed by atoms with Crippen molar-refractivity contribution < 1.29 is 0 Å². The van der Waals surface area contributed by atoms with E-state index in [2.05, 4.69) is 74.8 Å². The second kappa shape index (κ2) is 6.93. The van der Waals surface area contributed by atoms with Crippen LogP contribution in [0.25, 0.3) is 10.8 Å². The number of rotatable bonds is 2. The second-order valence-corrected chi connectivity index (χ2v) is 6.32. The van der Waals surface area contributed by atoms with Crippen LogP contribution in [-0.4, -0.2) is 29.4 Å². The van der Waals surface area contributed by atoms with Crippen molar-refractivity contribution in [3.05, 3.63) is 77.6 Å². The summed E-state index contributed by atoms with van der Waals surface area (Å²) in [5, 5.41) is 5.90. The van der Waals surface area contributed by atoms with Gasteiger partial charge in [-0.25, -0.2) is 0 Å². The Morgan fingerprint density at radius 3 is 2.76 bits per heavy atom. The summed E-state index contributed by atoms with van der Waals surface area (Å²) in [6, 6.07) is 19.1. The van der Waals surface area contributed by atoms with Crippen LogP contribution in [0, 0.1) is 0 Å². The molecule has 0 unspecified atom stereocenters. The molecular weight excluding hydrogens is 308 g/mol. The van der Waals surface area contributed by atoms with Crippen molar-refractivity contribution in [2.45, 2.75) is 19.5 Å². The molecule has 1 aliphatic rings. The molecule has 0 atom stereocenters. The van der Waals surface area contributed by atoms with E-state index >= 15 is 0 Å². The smallest absolute Gasteiger partial charge is 0.194 e. The number of aliphatic imine (C=N–C) groups is 1. The molecular formula is C21H22N4. The summed E-state index contributed by atoms with van der Waals surface area (Å²) in [4.78, 5) is 11.4. The third kappa shape index (κ3) is 3.20. The Kier molecular flexibility index (Phi) is 4.34. The summed E-state index contributed by atoms with van der Waals surface area (Å²) >= 11 is 0. The number of nitrogens with zero attached hydrogens (tertiary/aromatic N) is 3. The lowest BCUT2D eigenvalue weighted by Gasteiger charge is -2.31. The summed E-state index contributed by atoms with van der Waals surface area (Å²) in [6.45, 7) is 2.56. The second-order valence-electron chi connectivity index (χ2n) is 6.32. The molecule has 3 aromatic rings. The standard InChI is InChI=1S/C21H22N4/c1-22-21(25-13-11-16-6-2-3-8-18(16)15-25)24-14-20-19-9-5-4-7-17(19)10-12-23-20/h2-10,12H,11,13-15H2,1H3,(H,22,24). The first-order valence-electron chi connectivity index (χ1n) is 8.70. The molecule has 25 heavy (non-hydrogen) atoms. The van der Waals surface area contributed by atoms with E-state index in [1.165, 1.54) is 21.9 Å². The van der Waals surface area contributed by atoms with Crippen LogP contribution in [0.1, 0.15) is 16.8 Å². The quantitative estimate of drug-likeness (QED) is 0.578. The van der Waals surface area contributed by atoms with Gasteiger partial charge in [0.1, 0.15) is 0 Å². The molecule has 0 saturated heterocycles. The fourth-order valence-electron chi connectivity index (χ4n) is 3.49. The number of fused-ring (bicyclic) bond motifs is 2. The number of hydrogen-bond donors (Lipinski definition) is 1. The maximum Gasteiger partial charge on any atom is 0.194 e. The van der Waals surface area contributed by atoms with Gasteiger partial charge in [0.2, 0.25) is 0 Å². The minimum atomic E-state index is 0.673. The van der Waals surface area contributed by atoms with Gasteiger partial charge in [-0.1, -0.05) is 48.5 Å². The molecule has 2 heterocycles. The average Bonchev–Trinajstić information content (AvgIpc) is 2.68. The first kappa shape index (κ1) is 15.6. The molecule has 0 aliphatic carbocycles. The first-order chi connectivity index (χ1) is 12.3. The van der Waals surface area contributed by atoms with E-state index in [0.717, 1.165) is 31.2 Å². The summed E-state index contributed by atoms with van der Waals surface area (Å²) < 4.78 is 0. The van der Waals surface area contributed by atoms with Crippen molar-refractivity contribution in [1.29, 1.82) is 0 Å². The van der Waals surface area contributed by atoms with Crippen LogP contribution in [-0.2, 0) is 19.5 Å². The van der Waals surface area contributed by atoms with Crippen LogP contribution in [0.5, 0.6) is 0 Å². The molecule has 0 amide bonds. The van der Waals surface area contributed by atoms with Crippen molar-refractivity contribution in [2.24, 2.45) is 4.99 Å². The minimum Gasteiger partial charge on any atom is -0.351 e. The number of guanidine groups is 1. The molecule has 0 radical (unpaired) electrons. The Morgan fingerprint density at radius 2 is 1.88 bits per heavy atom. The number of hydrogen-bond acceptors (Lipinski definition) is 2.